The number of phenolic OH excluding ortho intramolecular Hbond substituents is 3. The van der Waals surface area contributed by atoms with Crippen LogP contribution in [0.4, 0.5) is 0 Å². The van der Waals surface area contributed by atoms with Crippen LogP contribution in [0.3, 0.4) is 0 Å². The summed E-state index contributed by atoms with van der Waals surface area (Å²) in [5.41, 5.74) is 0.213. The molecule has 2 unspecified atom stereocenters. The highest BCUT2D eigenvalue weighted by molar-refractivity contribution is 7.60. The molecule has 0 amide bonds. The molecule has 7 nitrogen and oxygen atoms in total. The Bertz CT molecular complexity index is 784. The van der Waals surface area contributed by atoms with E-state index in [1.54, 1.807) is 19.1 Å². The molecule has 0 heterocycles. The lowest BCUT2D eigenvalue weighted by Crippen LogP contribution is -2.20. The molecule has 0 aromatic heterocycles. The Labute approximate surface area is 138 Å². The van der Waals surface area contributed by atoms with Crippen LogP contribution in [0.1, 0.15) is 36.5 Å². The Kier molecular flexibility index (Phi) is 5.20. The number of aromatic hydroxyl groups is 3. The zero-order valence-electron chi connectivity index (χ0n) is 12.9. The summed E-state index contributed by atoms with van der Waals surface area (Å²) in [7, 11) is -4.84. The monoisotopic (exact) mass is 354 g/mol. The third kappa shape index (κ3) is 3.71. The Balaban J connectivity index is 2.59. The lowest BCUT2D eigenvalue weighted by atomic mass is 9.86. The molecule has 6 N–H and O–H groups in total. The van der Waals surface area contributed by atoms with Crippen molar-refractivity contribution in [3.8, 4) is 17.2 Å². The molecular weight excluding hydrogens is 335 g/mol. The molecule has 0 radical (unpaired) electrons. The number of phenols is 3. The Morgan fingerprint density at radius 3 is 2.25 bits per heavy atom. The molecule has 8 heteroatoms. The van der Waals surface area contributed by atoms with Crippen molar-refractivity contribution in [3.63, 3.8) is 0 Å². The second-order valence-corrected chi connectivity index (χ2v) is 7.07. The first-order valence-electron chi connectivity index (χ1n) is 7.24. The quantitative estimate of drug-likeness (QED) is 0.450. The van der Waals surface area contributed by atoms with Crippen LogP contribution in [0.25, 0.3) is 0 Å². The van der Waals surface area contributed by atoms with E-state index in [0.717, 1.165) is 12.1 Å². The van der Waals surface area contributed by atoms with Crippen molar-refractivity contribution >= 4 is 12.9 Å². The maximum absolute atomic E-state index is 11.7. The van der Waals surface area contributed by atoms with Gasteiger partial charge >= 0.3 is 7.60 Å². The zero-order valence-corrected chi connectivity index (χ0v) is 13.8. The van der Waals surface area contributed by atoms with Gasteiger partial charge in [-0.25, -0.2) is 0 Å². The minimum atomic E-state index is -4.84. The van der Waals surface area contributed by atoms with Crippen molar-refractivity contribution in [2.75, 3.05) is 0 Å². The van der Waals surface area contributed by atoms with E-state index >= 15 is 0 Å². The molecule has 0 aliphatic heterocycles. The van der Waals surface area contributed by atoms with Gasteiger partial charge in [0.05, 0.1) is 11.4 Å². The summed E-state index contributed by atoms with van der Waals surface area (Å²) in [5, 5.41) is 39.2. The standard InChI is InChI=1S/C16H19O7P/c1-2-12(9-4-3-5-10(17)6-9)16(20)15-13(19)7-11(18)8-14(15)24(21,22)23/h3-8,12,16-20H,2H2,1H3,(H2,21,22,23). The van der Waals surface area contributed by atoms with Gasteiger partial charge in [-0.2, -0.15) is 0 Å². The highest BCUT2D eigenvalue weighted by atomic mass is 31.2. The second-order valence-electron chi connectivity index (χ2n) is 5.50. The van der Waals surface area contributed by atoms with Crippen LogP contribution in [0.15, 0.2) is 36.4 Å². The van der Waals surface area contributed by atoms with Gasteiger partial charge in [-0.1, -0.05) is 19.1 Å². The van der Waals surface area contributed by atoms with Crippen molar-refractivity contribution in [3.05, 3.63) is 47.5 Å². The van der Waals surface area contributed by atoms with Crippen molar-refractivity contribution < 1.29 is 34.8 Å². The van der Waals surface area contributed by atoms with Gasteiger partial charge in [-0.05, 0) is 30.2 Å². The van der Waals surface area contributed by atoms with Crippen LogP contribution in [-0.2, 0) is 4.57 Å². The number of hydrogen-bond acceptors (Lipinski definition) is 5. The van der Waals surface area contributed by atoms with Gasteiger partial charge in [0.1, 0.15) is 17.2 Å². The van der Waals surface area contributed by atoms with Crippen molar-refractivity contribution in [2.24, 2.45) is 0 Å². The number of aliphatic hydroxyl groups excluding tert-OH is 1. The molecule has 2 rings (SSSR count). The summed E-state index contributed by atoms with van der Waals surface area (Å²) in [6.45, 7) is 1.76. The summed E-state index contributed by atoms with van der Waals surface area (Å²) >= 11 is 0. The van der Waals surface area contributed by atoms with Gasteiger partial charge in [-0.3, -0.25) is 4.57 Å². The van der Waals surface area contributed by atoms with Crippen molar-refractivity contribution in [1.82, 2.24) is 0 Å². The zero-order chi connectivity index (χ0) is 18.1. The van der Waals surface area contributed by atoms with E-state index in [1.807, 2.05) is 0 Å². The van der Waals surface area contributed by atoms with E-state index in [2.05, 4.69) is 0 Å². The number of aliphatic hydroxyl groups is 1. The maximum Gasteiger partial charge on any atom is 0.356 e. The lowest BCUT2D eigenvalue weighted by molar-refractivity contribution is 0.140. The van der Waals surface area contributed by atoms with E-state index in [1.165, 1.54) is 12.1 Å². The van der Waals surface area contributed by atoms with Crippen LogP contribution in [0, 0.1) is 0 Å². The molecule has 0 spiro atoms. The number of benzene rings is 2. The molecule has 0 saturated carbocycles. The maximum atomic E-state index is 11.7. The molecule has 24 heavy (non-hydrogen) atoms. The van der Waals surface area contributed by atoms with Crippen molar-refractivity contribution in [2.45, 2.75) is 25.4 Å². The van der Waals surface area contributed by atoms with Crippen LogP contribution in [-0.4, -0.2) is 30.2 Å². The highest BCUT2D eigenvalue weighted by Crippen LogP contribution is 2.45. The highest BCUT2D eigenvalue weighted by Gasteiger charge is 2.33. The molecule has 2 aromatic rings. The van der Waals surface area contributed by atoms with Crippen LogP contribution in [0.5, 0.6) is 17.2 Å². The fourth-order valence-electron chi connectivity index (χ4n) is 2.75. The average molecular weight is 354 g/mol. The minimum Gasteiger partial charge on any atom is -0.508 e. The summed E-state index contributed by atoms with van der Waals surface area (Å²) in [6.07, 6.45) is -1.06. The summed E-state index contributed by atoms with van der Waals surface area (Å²) in [4.78, 5) is 18.9. The van der Waals surface area contributed by atoms with Crippen LogP contribution in [0.2, 0.25) is 0 Å². The first-order chi connectivity index (χ1) is 11.1. The topological polar surface area (TPSA) is 138 Å². The van der Waals surface area contributed by atoms with E-state index in [-0.39, 0.29) is 11.3 Å². The fraction of sp³-hybridized carbons (Fsp3) is 0.250. The minimum absolute atomic E-state index is 0.0108. The molecular formula is C16H19O7P. The van der Waals surface area contributed by atoms with E-state index in [4.69, 9.17) is 0 Å². The molecule has 0 aliphatic carbocycles. The third-order valence-corrected chi connectivity index (χ3v) is 4.85. The van der Waals surface area contributed by atoms with Gasteiger partial charge in [-0.15, -0.1) is 0 Å². The number of hydrogen-bond donors (Lipinski definition) is 6. The SMILES string of the molecule is CCC(c1cccc(O)c1)C(O)c1c(O)cc(O)cc1P(=O)(O)O. The van der Waals surface area contributed by atoms with E-state index < -0.39 is 36.4 Å². The van der Waals surface area contributed by atoms with Gasteiger partial charge in [0.25, 0.3) is 0 Å². The smallest absolute Gasteiger partial charge is 0.356 e. The predicted octanol–water partition coefficient (Wildman–Crippen LogP) is 1.83. The second kappa shape index (κ2) is 6.83. The van der Waals surface area contributed by atoms with Gasteiger partial charge in [0.15, 0.2) is 0 Å². The van der Waals surface area contributed by atoms with Gasteiger partial charge < -0.3 is 30.2 Å². The summed E-state index contributed by atoms with van der Waals surface area (Å²) < 4.78 is 11.7. The third-order valence-electron chi connectivity index (χ3n) is 3.85. The molecule has 0 aliphatic rings. The largest absolute Gasteiger partial charge is 0.508 e. The summed E-state index contributed by atoms with van der Waals surface area (Å²) in [6, 6.07) is 7.88. The molecule has 130 valence electrons. The fourth-order valence-corrected chi connectivity index (χ4v) is 3.61. The van der Waals surface area contributed by atoms with E-state index in [0.29, 0.717) is 12.0 Å². The van der Waals surface area contributed by atoms with E-state index in [9.17, 15) is 34.8 Å². The average Bonchev–Trinajstić information content (AvgIpc) is 2.46. The number of rotatable bonds is 5. The molecule has 0 fully saturated rings. The Morgan fingerprint density at radius 1 is 1.04 bits per heavy atom. The normalized spacial score (nSPS) is 14.3. The van der Waals surface area contributed by atoms with Gasteiger partial charge in [0, 0.05) is 17.5 Å². The van der Waals surface area contributed by atoms with Gasteiger partial charge in [0.2, 0.25) is 0 Å². The van der Waals surface area contributed by atoms with Crippen LogP contribution >= 0.6 is 7.60 Å². The summed E-state index contributed by atoms with van der Waals surface area (Å²) in [5.74, 6) is -1.77. The lowest BCUT2D eigenvalue weighted by Gasteiger charge is -2.25. The van der Waals surface area contributed by atoms with Crippen LogP contribution < -0.4 is 5.30 Å². The molecule has 0 bridgehead atoms. The Morgan fingerprint density at radius 2 is 1.71 bits per heavy atom. The Hall–Kier alpha value is -2.05. The first kappa shape index (κ1) is 18.3. The first-order valence-corrected chi connectivity index (χ1v) is 8.85. The van der Waals surface area contributed by atoms with Crippen molar-refractivity contribution in [1.29, 1.82) is 0 Å². The molecule has 0 saturated heterocycles. The predicted molar refractivity (Wildman–Crippen MR) is 87.5 cm³/mol. The molecule has 2 atom stereocenters. The molecule has 2 aromatic carbocycles.